The van der Waals surface area contributed by atoms with Gasteiger partial charge in [-0.05, 0) is 12.1 Å². The first-order valence-electron chi connectivity index (χ1n) is 4.72. The van der Waals surface area contributed by atoms with Gasteiger partial charge in [0, 0.05) is 18.3 Å². The van der Waals surface area contributed by atoms with Gasteiger partial charge in [0.15, 0.2) is 11.6 Å². The lowest BCUT2D eigenvalue weighted by atomic mass is 10.3. The van der Waals surface area contributed by atoms with E-state index in [4.69, 9.17) is 11.6 Å². The normalized spacial score (nSPS) is 10.5. The molecule has 2 rings (SSSR count). The van der Waals surface area contributed by atoms with Crippen molar-refractivity contribution in [3.63, 3.8) is 0 Å². The van der Waals surface area contributed by atoms with Crippen LogP contribution in [0, 0.1) is 11.6 Å². The van der Waals surface area contributed by atoms with Crippen molar-refractivity contribution in [3.05, 3.63) is 58.0 Å². The predicted molar refractivity (Wildman–Crippen MR) is 59.3 cm³/mol. The second-order valence-electron chi connectivity index (χ2n) is 3.30. The van der Waals surface area contributed by atoms with Gasteiger partial charge < -0.3 is 0 Å². The number of hydrogen-bond acceptors (Lipinski definition) is 2. The fourth-order valence-corrected chi connectivity index (χ4v) is 1.50. The van der Waals surface area contributed by atoms with E-state index in [9.17, 15) is 13.6 Å². The second kappa shape index (κ2) is 4.63. The molecular formula is C11H7ClF2N2O. The molecule has 3 nitrogen and oxygen atoms in total. The summed E-state index contributed by atoms with van der Waals surface area (Å²) in [7, 11) is 0. The maximum atomic E-state index is 13.0. The summed E-state index contributed by atoms with van der Waals surface area (Å²) in [5, 5.41) is 3.91. The molecule has 0 aliphatic rings. The summed E-state index contributed by atoms with van der Waals surface area (Å²) in [5.41, 5.74) is 0.174. The summed E-state index contributed by atoms with van der Waals surface area (Å²) < 4.78 is 27.0. The zero-order valence-electron chi connectivity index (χ0n) is 8.53. The average Bonchev–Trinajstić information content (AvgIpc) is 2.33. The van der Waals surface area contributed by atoms with Crippen LogP contribution in [0.1, 0.15) is 5.69 Å². The number of rotatable bonds is 2. The van der Waals surface area contributed by atoms with E-state index in [0.717, 1.165) is 12.1 Å². The lowest BCUT2D eigenvalue weighted by molar-refractivity contribution is 0.507. The molecule has 88 valence electrons. The maximum absolute atomic E-state index is 13.0. The van der Waals surface area contributed by atoms with Crippen LogP contribution < -0.4 is 5.43 Å². The highest BCUT2D eigenvalue weighted by Gasteiger charge is 2.06. The Labute approximate surface area is 100 Å². The molecule has 0 spiro atoms. The smallest absolute Gasteiger partial charge is 0.204 e. The third kappa shape index (κ3) is 2.34. The van der Waals surface area contributed by atoms with Crippen LogP contribution in [0.25, 0.3) is 5.69 Å². The fraction of sp³-hybridized carbons (Fsp3) is 0.0909. The van der Waals surface area contributed by atoms with Crippen LogP contribution in [0.15, 0.2) is 35.3 Å². The highest BCUT2D eigenvalue weighted by atomic mass is 35.5. The Balaban J connectivity index is 2.53. The Bertz CT molecular complexity index is 613. The molecule has 0 saturated heterocycles. The molecule has 0 fully saturated rings. The van der Waals surface area contributed by atoms with Crippen molar-refractivity contribution < 1.29 is 8.78 Å². The minimum atomic E-state index is -0.976. The molecule has 17 heavy (non-hydrogen) atoms. The van der Waals surface area contributed by atoms with Crippen LogP contribution in [-0.2, 0) is 5.88 Å². The lowest BCUT2D eigenvalue weighted by Gasteiger charge is -2.06. The molecule has 0 unspecified atom stereocenters. The minimum Gasteiger partial charge on any atom is -0.288 e. The van der Waals surface area contributed by atoms with E-state index in [0.29, 0.717) is 5.69 Å². The number of alkyl halides is 1. The molecule has 0 N–H and O–H groups in total. The van der Waals surface area contributed by atoms with Crippen molar-refractivity contribution in [2.45, 2.75) is 5.88 Å². The molecule has 6 heteroatoms. The molecule has 0 radical (unpaired) electrons. The van der Waals surface area contributed by atoms with Gasteiger partial charge in [-0.25, -0.2) is 13.5 Å². The van der Waals surface area contributed by atoms with Crippen LogP contribution in [0.5, 0.6) is 0 Å². The molecule has 0 saturated carbocycles. The van der Waals surface area contributed by atoms with Gasteiger partial charge in [-0.15, -0.1) is 11.6 Å². The molecule has 1 aromatic carbocycles. The largest absolute Gasteiger partial charge is 0.288 e. The monoisotopic (exact) mass is 256 g/mol. The van der Waals surface area contributed by atoms with Crippen molar-refractivity contribution in [3.8, 4) is 5.69 Å². The zero-order chi connectivity index (χ0) is 12.4. The minimum absolute atomic E-state index is 0.0383. The molecular weight excluding hydrogens is 250 g/mol. The van der Waals surface area contributed by atoms with Gasteiger partial charge in [0.25, 0.3) is 0 Å². The van der Waals surface area contributed by atoms with Crippen LogP contribution >= 0.6 is 11.6 Å². The fourth-order valence-electron chi connectivity index (χ4n) is 1.31. The maximum Gasteiger partial charge on any atom is 0.204 e. The Morgan fingerprint density at radius 2 is 2.00 bits per heavy atom. The molecule has 1 heterocycles. The highest BCUT2D eigenvalue weighted by molar-refractivity contribution is 6.16. The molecule has 0 bridgehead atoms. The van der Waals surface area contributed by atoms with Crippen LogP contribution in [0.3, 0.4) is 0 Å². The molecule has 1 aromatic heterocycles. The first-order valence-corrected chi connectivity index (χ1v) is 5.25. The van der Waals surface area contributed by atoms with Gasteiger partial charge in [-0.1, -0.05) is 0 Å². The van der Waals surface area contributed by atoms with E-state index in [1.807, 2.05) is 0 Å². The number of halogens is 3. The Hall–Kier alpha value is -1.75. The third-order valence-corrected chi connectivity index (χ3v) is 2.43. The van der Waals surface area contributed by atoms with Gasteiger partial charge in [0.05, 0.1) is 11.6 Å². The first-order chi connectivity index (χ1) is 8.11. The third-order valence-electron chi connectivity index (χ3n) is 2.17. The average molecular weight is 257 g/mol. The molecule has 0 atom stereocenters. The topological polar surface area (TPSA) is 34.9 Å². The van der Waals surface area contributed by atoms with Crippen molar-refractivity contribution in [2.75, 3.05) is 0 Å². The van der Waals surface area contributed by atoms with E-state index in [1.165, 1.54) is 23.0 Å². The number of hydrogen-bond donors (Lipinski definition) is 0. The van der Waals surface area contributed by atoms with Gasteiger partial charge in [0.1, 0.15) is 5.69 Å². The van der Waals surface area contributed by atoms with Gasteiger partial charge in [0.2, 0.25) is 5.43 Å². The molecule has 0 amide bonds. The van der Waals surface area contributed by atoms with Gasteiger partial charge >= 0.3 is 0 Å². The summed E-state index contributed by atoms with van der Waals surface area (Å²) in [4.78, 5) is 11.3. The van der Waals surface area contributed by atoms with E-state index in [2.05, 4.69) is 5.10 Å². The zero-order valence-corrected chi connectivity index (χ0v) is 9.29. The van der Waals surface area contributed by atoms with E-state index in [-0.39, 0.29) is 17.0 Å². The Morgan fingerprint density at radius 1 is 1.24 bits per heavy atom. The molecule has 2 aromatic rings. The van der Waals surface area contributed by atoms with Crippen LogP contribution in [0.4, 0.5) is 8.78 Å². The van der Waals surface area contributed by atoms with Crippen molar-refractivity contribution in [1.82, 2.24) is 9.78 Å². The summed E-state index contributed by atoms with van der Waals surface area (Å²) in [6, 6.07) is 4.61. The summed E-state index contributed by atoms with van der Waals surface area (Å²) in [6.07, 6.45) is 1.37. The van der Waals surface area contributed by atoms with Crippen molar-refractivity contribution >= 4 is 11.6 Å². The number of nitrogens with zero attached hydrogens (tertiary/aromatic N) is 2. The van der Waals surface area contributed by atoms with E-state index in [1.54, 1.807) is 0 Å². The SMILES string of the molecule is O=c1ccn(-c2ccc(F)c(F)c2)nc1CCl. The summed E-state index contributed by atoms with van der Waals surface area (Å²) >= 11 is 5.54. The quantitative estimate of drug-likeness (QED) is 0.773. The van der Waals surface area contributed by atoms with Crippen molar-refractivity contribution in [1.29, 1.82) is 0 Å². The second-order valence-corrected chi connectivity index (χ2v) is 3.57. The Morgan fingerprint density at radius 3 is 2.65 bits per heavy atom. The van der Waals surface area contributed by atoms with Crippen LogP contribution in [0.2, 0.25) is 0 Å². The van der Waals surface area contributed by atoms with Crippen molar-refractivity contribution in [2.24, 2.45) is 0 Å². The van der Waals surface area contributed by atoms with Gasteiger partial charge in [-0.3, -0.25) is 4.79 Å². The van der Waals surface area contributed by atoms with E-state index < -0.39 is 11.6 Å². The molecule has 0 aliphatic heterocycles. The summed E-state index contributed by atoms with van der Waals surface area (Å²) in [6.45, 7) is 0. The van der Waals surface area contributed by atoms with Crippen LogP contribution in [-0.4, -0.2) is 9.78 Å². The summed E-state index contributed by atoms with van der Waals surface area (Å²) in [5.74, 6) is -1.95. The number of aromatic nitrogens is 2. The highest BCUT2D eigenvalue weighted by Crippen LogP contribution is 2.11. The number of benzene rings is 1. The Kier molecular flexibility index (Phi) is 3.19. The lowest BCUT2D eigenvalue weighted by Crippen LogP contribution is -2.14. The van der Waals surface area contributed by atoms with Gasteiger partial charge in [-0.2, -0.15) is 5.10 Å². The predicted octanol–water partition coefficient (Wildman–Crippen LogP) is 2.25. The van der Waals surface area contributed by atoms with E-state index >= 15 is 0 Å². The molecule has 0 aliphatic carbocycles. The standard InChI is InChI=1S/C11H7ClF2N2O/c12-6-10-11(17)3-4-16(15-10)7-1-2-8(13)9(14)5-7/h1-5H,6H2. The first kappa shape index (κ1) is 11.7.